The predicted molar refractivity (Wildman–Crippen MR) is 90.1 cm³/mol. The van der Waals surface area contributed by atoms with E-state index in [2.05, 4.69) is 22.0 Å². The fourth-order valence-corrected chi connectivity index (χ4v) is 3.09. The molecule has 1 aromatic heterocycles. The summed E-state index contributed by atoms with van der Waals surface area (Å²) >= 11 is 0. The lowest BCUT2D eigenvalue weighted by atomic mass is 10.0. The molecule has 0 bridgehead atoms. The number of benzene rings is 1. The van der Waals surface area contributed by atoms with Crippen LogP contribution in [0.1, 0.15) is 23.7 Å². The molecule has 0 radical (unpaired) electrons. The van der Waals surface area contributed by atoms with E-state index in [0.29, 0.717) is 13.0 Å². The van der Waals surface area contributed by atoms with Crippen molar-refractivity contribution in [3.8, 4) is 0 Å². The Hall–Kier alpha value is -1.75. The van der Waals surface area contributed by atoms with Crippen molar-refractivity contribution in [1.82, 2.24) is 9.88 Å². The Labute approximate surface area is 137 Å². The first-order valence-electron chi connectivity index (χ1n) is 8.26. The highest BCUT2D eigenvalue weighted by atomic mass is 16.5. The Morgan fingerprint density at radius 1 is 1.17 bits per heavy atom. The molecule has 2 aromatic rings. The molecule has 1 aliphatic heterocycles. The third kappa shape index (κ3) is 4.61. The van der Waals surface area contributed by atoms with E-state index in [0.717, 1.165) is 31.7 Å². The molecule has 1 aliphatic rings. The van der Waals surface area contributed by atoms with Gasteiger partial charge in [0.1, 0.15) is 0 Å². The van der Waals surface area contributed by atoms with Crippen molar-refractivity contribution in [1.29, 1.82) is 0 Å². The lowest BCUT2D eigenvalue weighted by Gasteiger charge is -2.36. The smallest absolute Gasteiger partial charge is 0.0805 e. The summed E-state index contributed by atoms with van der Waals surface area (Å²) in [6, 6.07) is 14.3. The number of aromatic nitrogens is 1. The Morgan fingerprint density at radius 3 is 2.74 bits per heavy atom. The first kappa shape index (κ1) is 16.1. The lowest BCUT2D eigenvalue weighted by molar-refractivity contribution is -0.0255. The zero-order valence-electron chi connectivity index (χ0n) is 13.3. The second-order valence-electron chi connectivity index (χ2n) is 6.03. The molecule has 1 fully saturated rings. The fourth-order valence-electron chi connectivity index (χ4n) is 3.09. The number of morpholine rings is 1. The Morgan fingerprint density at radius 2 is 1.96 bits per heavy atom. The highest BCUT2D eigenvalue weighted by molar-refractivity contribution is 5.17. The minimum absolute atomic E-state index is 0.265. The van der Waals surface area contributed by atoms with Crippen molar-refractivity contribution < 1.29 is 9.84 Å². The molecule has 1 aromatic carbocycles. The van der Waals surface area contributed by atoms with E-state index in [1.807, 2.05) is 42.7 Å². The van der Waals surface area contributed by atoms with Gasteiger partial charge in [-0.05, 0) is 36.1 Å². The van der Waals surface area contributed by atoms with Crippen molar-refractivity contribution >= 4 is 0 Å². The summed E-state index contributed by atoms with van der Waals surface area (Å²) in [4.78, 5) is 6.50. The van der Waals surface area contributed by atoms with E-state index in [1.54, 1.807) is 0 Å². The minimum Gasteiger partial charge on any atom is -0.388 e. The quantitative estimate of drug-likeness (QED) is 0.890. The van der Waals surface area contributed by atoms with Gasteiger partial charge in [0, 0.05) is 31.5 Å². The van der Waals surface area contributed by atoms with Gasteiger partial charge in [-0.3, -0.25) is 9.88 Å². The molecule has 0 aliphatic carbocycles. The normalized spacial score (nSPS) is 20.3. The SMILES string of the molecule is O[C@@H](C[C@H]1COCCN1CCc1ccncc1)c1ccccc1. The average molecular weight is 312 g/mol. The van der Waals surface area contributed by atoms with E-state index in [-0.39, 0.29) is 6.04 Å². The van der Waals surface area contributed by atoms with Gasteiger partial charge < -0.3 is 9.84 Å². The highest BCUT2D eigenvalue weighted by Gasteiger charge is 2.25. The number of aliphatic hydroxyl groups is 1. The number of hydrogen-bond donors (Lipinski definition) is 1. The summed E-state index contributed by atoms with van der Waals surface area (Å²) < 4.78 is 5.64. The van der Waals surface area contributed by atoms with E-state index < -0.39 is 6.10 Å². The number of rotatable bonds is 6. The van der Waals surface area contributed by atoms with Gasteiger partial charge in [-0.25, -0.2) is 0 Å². The topological polar surface area (TPSA) is 45.6 Å². The van der Waals surface area contributed by atoms with Crippen LogP contribution in [0.5, 0.6) is 0 Å². The molecule has 3 rings (SSSR count). The van der Waals surface area contributed by atoms with E-state index in [9.17, 15) is 5.11 Å². The maximum Gasteiger partial charge on any atom is 0.0805 e. The van der Waals surface area contributed by atoms with Crippen LogP contribution in [0.3, 0.4) is 0 Å². The number of aliphatic hydroxyl groups excluding tert-OH is 1. The predicted octanol–water partition coefficient (Wildman–Crippen LogP) is 2.45. The van der Waals surface area contributed by atoms with Gasteiger partial charge in [0.05, 0.1) is 19.3 Å². The first-order valence-corrected chi connectivity index (χ1v) is 8.26. The summed E-state index contributed by atoms with van der Waals surface area (Å²) in [5, 5.41) is 10.5. The van der Waals surface area contributed by atoms with Crippen molar-refractivity contribution in [3.63, 3.8) is 0 Å². The maximum atomic E-state index is 10.5. The van der Waals surface area contributed by atoms with Gasteiger partial charge in [0.15, 0.2) is 0 Å². The number of hydrogen-bond acceptors (Lipinski definition) is 4. The zero-order chi connectivity index (χ0) is 15.9. The molecule has 1 N–H and O–H groups in total. The summed E-state index contributed by atoms with van der Waals surface area (Å²) in [6.45, 7) is 3.38. The van der Waals surface area contributed by atoms with Crippen LogP contribution in [0.4, 0.5) is 0 Å². The number of pyridine rings is 1. The van der Waals surface area contributed by atoms with Gasteiger partial charge >= 0.3 is 0 Å². The molecule has 2 heterocycles. The summed E-state index contributed by atoms with van der Waals surface area (Å²) in [5.74, 6) is 0. The van der Waals surface area contributed by atoms with Crippen LogP contribution in [0.2, 0.25) is 0 Å². The zero-order valence-corrected chi connectivity index (χ0v) is 13.3. The monoisotopic (exact) mass is 312 g/mol. The molecule has 23 heavy (non-hydrogen) atoms. The van der Waals surface area contributed by atoms with E-state index in [4.69, 9.17) is 4.74 Å². The molecule has 0 saturated carbocycles. The highest BCUT2D eigenvalue weighted by Crippen LogP contribution is 2.22. The molecule has 0 unspecified atom stereocenters. The number of nitrogens with zero attached hydrogens (tertiary/aromatic N) is 2. The number of ether oxygens (including phenoxy) is 1. The fraction of sp³-hybridized carbons (Fsp3) is 0.421. The van der Waals surface area contributed by atoms with Crippen molar-refractivity contribution in [2.75, 3.05) is 26.3 Å². The van der Waals surface area contributed by atoms with Crippen LogP contribution in [0, 0.1) is 0 Å². The third-order valence-electron chi connectivity index (χ3n) is 4.47. The maximum absolute atomic E-state index is 10.5. The summed E-state index contributed by atoms with van der Waals surface area (Å²) in [6.07, 6.45) is 4.95. The van der Waals surface area contributed by atoms with Crippen molar-refractivity contribution in [2.24, 2.45) is 0 Å². The molecule has 4 heteroatoms. The molecular formula is C19H24N2O2. The second kappa shape index (κ2) is 8.20. The first-order chi connectivity index (χ1) is 11.3. The van der Waals surface area contributed by atoms with Crippen LogP contribution in [0.25, 0.3) is 0 Å². The Kier molecular flexibility index (Phi) is 5.75. The van der Waals surface area contributed by atoms with E-state index in [1.165, 1.54) is 5.56 Å². The van der Waals surface area contributed by atoms with Crippen molar-refractivity contribution in [2.45, 2.75) is 25.0 Å². The Balaban J connectivity index is 1.58. The van der Waals surface area contributed by atoms with Crippen LogP contribution in [-0.2, 0) is 11.2 Å². The summed E-state index contributed by atoms with van der Waals surface area (Å²) in [7, 11) is 0. The van der Waals surface area contributed by atoms with Gasteiger partial charge in [0.2, 0.25) is 0 Å². The molecular weight excluding hydrogens is 288 g/mol. The molecule has 122 valence electrons. The Bertz CT molecular complexity index is 576. The lowest BCUT2D eigenvalue weighted by Crippen LogP contribution is -2.46. The van der Waals surface area contributed by atoms with Crippen LogP contribution >= 0.6 is 0 Å². The minimum atomic E-state index is -0.439. The molecule has 1 saturated heterocycles. The molecule has 0 spiro atoms. The standard InChI is InChI=1S/C19H24N2O2/c22-19(17-4-2-1-3-5-17)14-18-15-23-13-12-21(18)11-8-16-6-9-20-10-7-16/h1-7,9-10,18-19,22H,8,11-15H2/t18-,19-/m0/s1. The van der Waals surface area contributed by atoms with Gasteiger partial charge in [-0.1, -0.05) is 30.3 Å². The third-order valence-corrected chi connectivity index (χ3v) is 4.47. The molecule has 4 nitrogen and oxygen atoms in total. The summed E-state index contributed by atoms with van der Waals surface area (Å²) in [5.41, 5.74) is 2.28. The van der Waals surface area contributed by atoms with Gasteiger partial charge in [0.25, 0.3) is 0 Å². The van der Waals surface area contributed by atoms with Crippen molar-refractivity contribution in [3.05, 3.63) is 66.0 Å². The average Bonchev–Trinajstić information content (AvgIpc) is 2.62. The van der Waals surface area contributed by atoms with E-state index >= 15 is 0 Å². The second-order valence-corrected chi connectivity index (χ2v) is 6.03. The van der Waals surface area contributed by atoms with Crippen LogP contribution in [-0.4, -0.2) is 47.3 Å². The largest absolute Gasteiger partial charge is 0.388 e. The van der Waals surface area contributed by atoms with Crippen LogP contribution < -0.4 is 0 Å². The van der Waals surface area contributed by atoms with Gasteiger partial charge in [-0.2, -0.15) is 0 Å². The molecule has 0 amide bonds. The molecule has 2 atom stereocenters. The van der Waals surface area contributed by atoms with Gasteiger partial charge in [-0.15, -0.1) is 0 Å². The van der Waals surface area contributed by atoms with Crippen LogP contribution in [0.15, 0.2) is 54.9 Å².